The number of anilines is 1. The van der Waals surface area contributed by atoms with Crippen LogP contribution in [-0.2, 0) is 23.8 Å². The summed E-state index contributed by atoms with van der Waals surface area (Å²) in [6.45, 7) is 6.14. The minimum Gasteiger partial charge on any atom is -0.493 e. The fourth-order valence-electron chi connectivity index (χ4n) is 4.36. The van der Waals surface area contributed by atoms with E-state index in [4.69, 9.17) is 9.15 Å². The summed E-state index contributed by atoms with van der Waals surface area (Å²) < 4.78 is 50.4. The minimum atomic E-state index is -4.42. The highest BCUT2D eigenvalue weighted by Crippen LogP contribution is 2.41. The molecule has 7 heteroatoms. The van der Waals surface area contributed by atoms with Gasteiger partial charge in [-0.1, -0.05) is 0 Å². The summed E-state index contributed by atoms with van der Waals surface area (Å²) >= 11 is 0. The third kappa shape index (κ3) is 4.63. The van der Waals surface area contributed by atoms with Crippen molar-refractivity contribution >= 4 is 28.1 Å². The van der Waals surface area contributed by atoms with E-state index in [1.807, 2.05) is 26.8 Å². The Kier molecular flexibility index (Phi) is 6.23. The summed E-state index contributed by atoms with van der Waals surface area (Å²) in [4.78, 5) is 12.6. The van der Waals surface area contributed by atoms with Gasteiger partial charge in [0.15, 0.2) is 0 Å². The fourth-order valence-corrected chi connectivity index (χ4v) is 4.36. The molecular weight excluding hydrogens is 431 g/mol. The van der Waals surface area contributed by atoms with Gasteiger partial charge in [0.25, 0.3) is 0 Å². The monoisotopic (exact) mass is 457 g/mol. The van der Waals surface area contributed by atoms with Crippen LogP contribution in [-0.4, -0.2) is 12.5 Å². The largest absolute Gasteiger partial charge is 0.493 e. The molecule has 0 spiro atoms. The fraction of sp³-hybridized carbons (Fsp3) is 0.346. The lowest BCUT2D eigenvalue weighted by Gasteiger charge is -2.15. The minimum absolute atomic E-state index is 0.289. The Balaban J connectivity index is 1.66. The van der Waals surface area contributed by atoms with Gasteiger partial charge in [-0.3, -0.25) is 4.79 Å². The SMILES string of the molecule is CCOc1c(/C(C)=C/C(=O)Nc2ccc(C(F)(F)F)cc2)cc2c3c(oc2c1C)CCCC3. The predicted octanol–water partition coefficient (Wildman–Crippen LogP) is 7.08. The van der Waals surface area contributed by atoms with Crippen molar-refractivity contribution in [1.82, 2.24) is 0 Å². The van der Waals surface area contributed by atoms with Gasteiger partial charge in [0.2, 0.25) is 5.91 Å². The van der Waals surface area contributed by atoms with Crippen LogP contribution >= 0.6 is 0 Å². The molecule has 1 N–H and O–H groups in total. The summed E-state index contributed by atoms with van der Waals surface area (Å²) in [6, 6.07) is 6.39. The highest BCUT2D eigenvalue weighted by atomic mass is 19.4. The lowest BCUT2D eigenvalue weighted by Crippen LogP contribution is -2.10. The highest BCUT2D eigenvalue weighted by molar-refractivity contribution is 6.05. The number of halogens is 3. The average Bonchev–Trinajstić information content (AvgIpc) is 3.14. The number of hydrogen-bond acceptors (Lipinski definition) is 3. The average molecular weight is 457 g/mol. The van der Waals surface area contributed by atoms with E-state index in [1.54, 1.807) is 0 Å². The van der Waals surface area contributed by atoms with Crippen LogP contribution in [0.4, 0.5) is 18.9 Å². The number of aryl methyl sites for hydroxylation is 3. The smallest absolute Gasteiger partial charge is 0.416 e. The Morgan fingerprint density at radius 3 is 2.55 bits per heavy atom. The maximum atomic E-state index is 12.8. The van der Waals surface area contributed by atoms with Crippen LogP contribution in [0, 0.1) is 6.92 Å². The van der Waals surface area contributed by atoms with Crippen LogP contribution in [0.3, 0.4) is 0 Å². The molecule has 3 aromatic rings. The molecule has 1 aliphatic carbocycles. The molecule has 0 radical (unpaired) electrons. The zero-order valence-electron chi connectivity index (χ0n) is 18.9. The van der Waals surface area contributed by atoms with Gasteiger partial charge in [0, 0.05) is 40.3 Å². The number of carbonyl (C=O) groups excluding carboxylic acids is 1. The second kappa shape index (κ2) is 8.96. The van der Waals surface area contributed by atoms with E-state index in [0.29, 0.717) is 17.9 Å². The summed E-state index contributed by atoms with van der Waals surface area (Å²) in [5, 5.41) is 3.68. The van der Waals surface area contributed by atoms with E-state index in [-0.39, 0.29) is 5.69 Å². The molecule has 4 rings (SSSR count). The second-order valence-corrected chi connectivity index (χ2v) is 8.29. The molecule has 2 aromatic carbocycles. The normalized spacial score (nSPS) is 14.3. The Labute approximate surface area is 190 Å². The Hall–Kier alpha value is -3.22. The van der Waals surface area contributed by atoms with Gasteiger partial charge >= 0.3 is 6.18 Å². The molecule has 33 heavy (non-hydrogen) atoms. The van der Waals surface area contributed by atoms with E-state index < -0.39 is 17.6 Å². The molecular formula is C26H26F3NO3. The Morgan fingerprint density at radius 2 is 1.88 bits per heavy atom. The zero-order valence-corrected chi connectivity index (χ0v) is 18.9. The molecule has 1 amide bonds. The third-order valence-electron chi connectivity index (χ3n) is 5.97. The predicted molar refractivity (Wildman–Crippen MR) is 122 cm³/mol. The maximum absolute atomic E-state index is 12.8. The quantitative estimate of drug-likeness (QED) is 0.417. The number of alkyl halides is 3. The zero-order chi connectivity index (χ0) is 23.8. The molecule has 0 saturated carbocycles. The van der Waals surface area contributed by atoms with Crippen molar-refractivity contribution in [2.75, 3.05) is 11.9 Å². The summed E-state index contributed by atoms with van der Waals surface area (Å²) in [6.07, 6.45) is 1.14. The number of amides is 1. The van der Waals surface area contributed by atoms with Crippen LogP contribution < -0.4 is 10.1 Å². The van der Waals surface area contributed by atoms with Gasteiger partial charge in [-0.2, -0.15) is 13.2 Å². The molecule has 0 fully saturated rings. The molecule has 1 aliphatic rings. The molecule has 4 nitrogen and oxygen atoms in total. The summed E-state index contributed by atoms with van der Waals surface area (Å²) in [5.74, 6) is 1.27. The number of allylic oxidation sites excluding steroid dienone is 1. The van der Waals surface area contributed by atoms with Crippen molar-refractivity contribution in [3.63, 3.8) is 0 Å². The molecule has 0 atom stereocenters. The van der Waals surface area contributed by atoms with Crippen molar-refractivity contribution in [2.45, 2.75) is 52.6 Å². The van der Waals surface area contributed by atoms with E-state index in [9.17, 15) is 18.0 Å². The van der Waals surface area contributed by atoms with E-state index in [1.165, 1.54) is 23.8 Å². The number of ether oxygens (including phenoxy) is 1. The highest BCUT2D eigenvalue weighted by Gasteiger charge is 2.30. The van der Waals surface area contributed by atoms with Crippen molar-refractivity contribution in [3.8, 4) is 5.75 Å². The number of rotatable bonds is 5. The standard InChI is InChI=1S/C26H26F3NO3/c1-4-32-24-16(3)25-21(19-7-5-6-8-22(19)33-25)14-20(24)15(2)13-23(31)30-18-11-9-17(10-12-18)26(27,28)29/h9-14H,4-8H2,1-3H3,(H,30,31)/b15-13+. The second-order valence-electron chi connectivity index (χ2n) is 8.29. The number of fused-ring (bicyclic) bond motifs is 3. The van der Waals surface area contributed by atoms with E-state index >= 15 is 0 Å². The van der Waals surface area contributed by atoms with Crippen molar-refractivity contribution in [3.05, 3.63) is 64.4 Å². The first-order chi connectivity index (χ1) is 15.7. The maximum Gasteiger partial charge on any atom is 0.416 e. The Morgan fingerprint density at radius 1 is 1.18 bits per heavy atom. The Bertz CT molecular complexity index is 1220. The molecule has 0 bridgehead atoms. The van der Waals surface area contributed by atoms with Gasteiger partial charge in [-0.05, 0) is 75.9 Å². The lowest BCUT2D eigenvalue weighted by molar-refractivity contribution is -0.137. The molecule has 0 aliphatic heterocycles. The summed E-state index contributed by atoms with van der Waals surface area (Å²) in [5.41, 5.74) is 3.98. The molecule has 0 saturated heterocycles. The van der Waals surface area contributed by atoms with Crippen molar-refractivity contribution < 1.29 is 27.1 Å². The van der Waals surface area contributed by atoms with Gasteiger partial charge in [0.1, 0.15) is 17.1 Å². The van der Waals surface area contributed by atoms with Crippen LogP contribution in [0.5, 0.6) is 5.75 Å². The van der Waals surface area contributed by atoms with Crippen molar-refractivity contribution in [2.24, 2.45) is 0 Å². The van der Waals surface area contributed by atoms with Crippen molar-refractivity contribution in [1.29, 1.82) is 0 Å². The number of hydrogen-bond donors (Lipinski definition) is 1. The first kappa shape index (κ1) is 23.0. The molecule has 174 valence electrons. The van der Waals surface area contributed by atoms with E-state index in [2.05, 4.69) is 5.32 Å². The molecule has 1 heterocycles. The number of carbonyl (C=O) groups is 1. The van der Waals surface area contributed by atoms with Gasteiger partial charge < -0.3 is 14.5 Å². The third-order valence-corrected chi connectivity index (χ3v) is 5.97. The number of furan rings is 1. The number of nitrogens with one attached hydrogen (secondary N) is 1. The van der Waals surface area contributed by atoms with E-state index in [0.717, 1.165) is 65.7 Å². The van der Waals surface area contributed by atoms with Crippen LogP contribution in [0.1, 0.15) is 54.7 Å². The topological polar surface area (TPSA) is 51.5 Å². The summed E-state index contributed by atoms with van der Waals surface area (Å²) in [7, 11) is 0. The van der Waals surface area contributed by atoms with Crippen LogP contribution in [0.15, 0.2) is 40.8 Å². The first-order valence-electron chi connectivity index (χ1n) is 11.1. The number of benzene rings is 2. The van der Waals surface area contributed by atoms with Crippen LogP contribution in [0.2, 0.25) is 0 Å². The van der Waals surface area contributed by atoms with Gasteiger partial charge in [-0.15, -0.1) is 0 Å². The van der Waals surface area contributed by atoms with Crippen LogP contribution in [0.25, 0.3) is 16.5 Å². The first-order valence-corrected chi connectivity index (χ1v) is 11.1. The lowest BCUT2D eigenvalue weighted by atomic mass is 9.93. The molecule has 0 unspecified atom stereocenters. The molecule has 1 aromatic heterocycles. The van der Waals surface area contributed by atoms with Gasteiger partial charge in [-0.25, -0.2) is 0 Å². The van der Waals surface area contributed by atoms with Gasteiger partial charge in [0.05, 0.1) is 12.2 Å².